The largest absolute Gasteiger partial charge is 0.376 e. The molecule has 2 aliphatic rings. The molecule has 2 fully saturated rings. The van der Waals surface area contributed by atoms with Gasteiger partial charge in [-0.3, -0.25) is 9.59 Å². The van der Waals surface area contributed by atoms with Crippen molar-refractivity contribution in [1.29, 1.82) is 0 Å². The summed E-state index contributed by atoms with van der Waals surface area (Å²) in [4.78, 5) is 27.2. The highest BCUT2D eigenvalue weighted by molar-refractivity contribution is 7.17. The molecular weight excluding hydrogens is 348 g/mol. The number of carbonyl (C=O) groups is 2. The summed E-state index contributed by atoms with van der Waals surface area (Å²) in [5.74, 6) is 0.0733. The summed E-state index contributed by atoms with van der Waals surface area (Å²) in [7, 11) is 1.73. The SMILES string of the molecule is CCC(=O)NC1CCC2(OC)CCN(C(=O)c3ccc(Cl)s3)C2C1. The number of rotatable bonds is 4. The summed E-state index contributed by atoms with van der Waals surface area (Å²) in [5, 5.41) is 3.07. The Labute approximate surface area is 151 Å². The van der Waals surface area contributed by atoms with Crippen molar-refractivity contribution in [3.63, 3.8) is 0 Å². The summed E-state index contributed by atoms with van der Waals surface area (Å²) in [5.41, 5.74) is -0.288. The lowest BCUT2D eigenvalue weighted by Gasteiger charge is -2.43. The van der Waals surface area contributed by atoms with Gasteiger partial charge >= 0.3 is 0 Å². The molecule has 1 saturated heterocycles. The van der Waals surface area contributed by atoms with Gasteiger partial charge in [-0.2, -0.15) is 0 Å². The van der Waals surface area contributed by atoms with Crippen molar-refractivity contribution in [2.24, 2.45) is 0 Å². The molecule has 2 amide bonds. The molecule has 1 aromatic heterocycles. The van der Waals surface area contributed by atoms with Crippen LogP contribution < -0.4 is 5.32 Å². The Morgan fingerprint density at radius 1 is 1.46 bits per heavy atom. The number of carbonyl (C=O) groups excluding carboxylic acids is 2. The minimum absolute atomic E-state index is 0.00761. The number of hydrogen-bond acceptors (Lipinski definition) is 4. The van der Waals surface area contributed by atoms with Crippen molar-refractivity contribution >= 4 is 34.8 Å². The quantitative estimate of drug-likeness (QED) is 0.886. The number of methoxy groups -OCH3 is 1. The summed E-state index contributed by atoms with van der Waals surface area (Å²) in [6, 6.07) is 3.63. The van der Waals surface area contributed by atoms with Gasteiger partial charge in [0.25, 0.3) is 5.91 Å². The summed E-state index contributed by atoms with van der Waals surface area (Å²) in [6.07, 6.45) is 3.81. The van der Waals surface area contributed by atoms with E-state index in [0.29, 0.717) is 22.2 Å². The molecule has 1 aromatic rings. The van der Waals surface area contributed by atoms with Crippen LogP contribution in [0.2, 0.25) is 4.34 Å². The predicted molar refractivity (Wildman–Crippen MR) is 94.6 cm³/mol. The summed E-state index contributed by atoms with van der Waals surface area (Å²) < 4.78 is 6.49. The third-order valence-electron chi connectivity index (χ3n) is 5.32. The lowest BCUT2D eigenvalue weighted by atomic mass is 9.78. The van der Waals surface area contributed by atoms with E-state index >= 15 is 0 Å². The molecule has 0 spiro atoms. The van der Waals surface area contributed by atoms with E-state index in [-0.39, 0.29) is 29.5 Å². The highest BCUT2D eigenvalue weighted by atomic mass is 35.5. The van der Waals surface area contributed by atoms with Crippen molar-refractivity contribution < 1.29 is 14.3 Å². The lowest BCUT2D eigenvalue weighted by Crippen LogP contribution is -2.55. The monoisotopic (exact) mass is 370 g/mol. The van der Waals surface area contributed by atoms with Crippen LogP contribution >= 0.6 is 22.9 Å². The molecule has 3 rings (SSSR count). The highest BCUT2D eigenvalue weighted by Gasteiger charge is 2.52. The highest BCUT2D eigenvalue weighted by Crippen LogP contribution is 2.43. The molecule has 24 heavy (non-hydrogen) atoms. The topological polar surface area (TPSA) is 58.6 Å². The van der Waals surface area contributed by atoms with Gasteiger partial charge < -0.3 is 15.0 Å². The van der Waals surface area contributed by atoms with Crippen molar-refractivity contribution in [3.8, 4) is 0 Å². The Kier molecular flexibility index (Phi) is 5.18. The average molecular weight is 371 g/mol. The van der Waals surface area contributed by atoms with Gasteiger partial charge in [-0.1, -0.05) is 18.5 Å². The van der Waals surface area contributed by atoms with Crippen LogP contribution in [-0.4, -0.2) is 48.1 Å². The molecule has 132 valence electrons. The summed E-state index contributed by atoms with van der Waals surface area (Å²) >= 11 is 7.28. The number of thiophene rings is 1. The van der Waals surface area contributed by atoms with Gasteiger partial charge in [-0.15, -0.1) is 11.3 Å². The van der Waals surface area contributed by atoms with E-state index in [4.69, 9.17) is 16.3 Å². The molecule has 0 radical (unpaired) electrons. The molecule has 7 heteroatoms. The molecule has 5 nitrogen and oxygen atoms in total. The first-order valence-electron chi connectivity index (χ1n) is 8.40. The van der Waals surface area contributed by atoms with Gasteiger partial charge in [-0.05, 0) is 37.8 Å². The van der Waals surface area contributed by atoms with Crippen LogP contribution in [0.25, 0.3) is 0 Å². The van der Waals surface area contributed by atoms with Gasteiger partial charge in [0.1, 0.15) is 0 Å². The molecule has 1 aliphatic heterocycles. The Balaban J connectivity index is 1.79. The van der Waals surface area contributed by atoms with E-state index in [1.807, 2.05) is 11.8 Å². The first kappa shape index (κ1) is 17.7. The van der Waals surface area contributed by atoms with E-state index in [2.05, 4.69) is 5.32 Å². The van der Waals surface area contributed by atoms with Crippen molar-refractivity contribution in [3.05, 3.63) is 21.3 Å². The fourth-order valence-corrected chi connectivity index (χ4v) is 4.97. The predicted octanol–water partition coefficient (Wildman–Crippen LogP) is 3.08. The molecule has 3 atom stereocenters. The number of likely N-dealkylation sites (tertiary alicyclic amines) is 1. The van der Waals surface area contributed by atoms with E-state index in [9.17, 15) is 9.59 Å². The van der Waals surface area contributed by atoms with Gasteiger partial charge in [0.2, 0.25) is 5.91 Å². The molecule has 1 N–H and O–H groups in total. The van der Waals surface area contributed by atoms with Gasteiger partial charge in [0.15, 0.2) is 0 Å². The molecule has 0 aromatic carbocycles. The second-order valence-corrected chi connectivity index (χ2v) is 8.24. The van der Waals surface area contributed by atoms with Crippen LogP contribution in [0, 0.1) is 0 Å². The molecular formula is C17H23ClN2O3S. The minimum atomic E-state index is -0.288. The smallest absolute Gasteiger partial charge is 0.264 e. The molecule has 3 unspecified atom stereocenters. The zero-order valence-electron chi connectivity index (χ0n) is 14.0. The van der Waals surface area contributed by atoms with Crippen molar-refractivity contribution in [2.75, 3.05) is 13.7 Å². The first-order valence-corrected chi connectivity index (χ1v) is 9.59. The fraction of sp³-hybridized carbons (Fsp3) is 0.647. The normalized spacial score (nSPS) is 29.4. The maximum atomic E-state index is 12.9. The van der Waals surface area contributed by atoms with E-state index in [1.54, 1.807) is 19.2 Å². The Morgan fingerprint density at radius 2 is 2.25 bits per heavy atom. The minimum Gasteiger partial charge on any atom is -0.376 e. The van der Waals surface area contributed by atoms with Crippen LogP contribution in [0.1, 0.15) is 48.7 Å². The van der Waals surface area contributed by atoms with E-state index < -0.39 is 0 Å². The van der Waals surface area contributed by atoms with Crippen LogP contribution in [-0.2, 0) is 9.53 Å². The number of nitrogens with one attached hydrogen (secondary N) is 1. The second-order valence-electron chi connectivity index (χ2n) is 6.53. The number of nitrogens with zero attached hydrogens (tertiary/aromatic N) is 1. The number of halogens is 1. The number of ether oxygens (including phenoxy) is 1. The zero-order valence-corrected chi connectivity index (χ0v) is 15.6. The van der Waals surface area contributed by atoms with Gasteiger partial charge in [0.05, 0.1) is 20.9 Å². The standard InChI is InChI=1S/C17H23ClN2O3S/c1-3-15(21)19-11-6-7-17(23-2)8-9-20(13(17)10-11)16(22)12-4-5-14(18)24-12/h4-5,11,13H,3,6-10H2,1-2H3,(H,19,21). The fourth-order valence-electron chi connectivity index (χ4n) is 3.97. The van der Waals surface area contributed by atoms with Crippen LogP contribution in [0.3, 0.4) is 0 Å². The van der Waals surface area contributed by atoms with Crippen molar-refractivity contribution in [1.82, 2.24) is 10.2 Å². The maximum Gasteiger partial charge on any atom is 0.264 e. The van der Waals surface area contributed by atoms with E-state index in [1.165, 1.54) is 11.3 Å². The molecule has 2 heterocycles. The van der Waals surface area contributed by atoms with E-state index in [0.717, 1.165) is 25.7 Å². The number of fused-ring (bicyclic) bond motifs is 1. The lowest BCUT2D eigenvalue weighted by molar-refractivity contribution is -0.122. The van der Waals surface area contributed by atoms with Crippen molar-refractivity contribution in [2.45, 2.75) is 56.7 Å². The molecule has 1 aliphatic carbocycles. The van der Waals surface area contributed by atoms with Crippen LogP contribution in [0.15, 0.2) is 12.1 Å². The number of hydrogen-bond donors (Lipinski definition) is 1. The van der Waals surface area contributed by atoms with Crippen LogP contribution in [0.4, 0.5) is 0 Å². The Hall–Kier alpha value is -1.11. The van der Waals surface area contributed by atoms with Gasteiger partial charge in [-0.25, -0.2) is 0 Å². The molecule has 1 saturated carbocycles. The third-order valence-corrected chi connectivity index (χ3v) is 6.54. The first-order chi connectivity index (χ1) is 11.5. The summed E-state index contributed by atoms with van der Waals surface area (Å²) in [6.45, 7) is 2.53. The Bertz CT molecular complexity index is 635. The molecule has 0 bridgehead atoms. The van der Waals surface area contributed by atoms with Gasteiger partial charge in [0, 0.05) is 26.1 Å². The Morgan fingerprint density at radius 3 is 2.88 bits per heavy atom. The second kappa shape index (κ2) is 7.02. The zero-order chi connectivity index (χ0) is 17.3. The third kappa shape index (κ3) is 3.19. The van der Waals surface area contributed by atoms with Crippen LogP contribution in [0.5, 0.6) is 0 Å². The average Bonchev–Trinajstić information content (AvgIpc) is 3.18. The number of amides is 2. The maximum absolute atomic E-state index is 12.9.